The molecule has 0 unspecified atom stereocenters. The van der Waals surface area contributed by atoms with Crippen LogP contribution in [0.1, 0.15) is 25.0 Å². The number of hydrogen-bond donors (Lipinski definition) is 1. The van der Waals surface area contributed by atoms with Crippen LogP contribution in [-0.4, -0.2) is 23.9 Å². The number of nitrogens with zero attached hydrogens (tertiary/aromatic N) is 3. The summed E-state index contributed by atoms with van der Waals surface area (Å²) in [7, 11) is 0. The maximum absolute atomic E-state index is 13.6. The normalized spacial score (nSPS) is 10.5. The zero-order valence-electron chi connectivity index (χ0n) is 11.1. The highest BCUT2D eigenvalue weighted by Crippen LogP contribution is 2.11. The molecular weight excluding hydrogens is 358 g/mol. The summed E-state index contributed by atoms with van der Waals surface area (Å²) in [4.78, 5) is 6.04. The Hall–Kier alpha value is -1.36. The van der Waals surface area contributed by atoms with Crippen molar-refractivity contribution in [1.29, 1.82) is 5.26 Å². The standard InChI is InChI=1S/C13H17FN4.HI/c1-3-18(4-2)13(16)17-9-11-6-5-10(8-15)7-12(11)14;/h5-7H,3-4,9H2,1-2H3,(H2,16,17);1H. The van der Waals surface area contributed by atoms with Crippen molar-refractivity contribution in [2.24, 2.45) is 10.7 Å². The molecule has 1 aromatic carbocycles. The zero-order valence-corrected chi connectivity index (χ0v) is 13.4. The van der Waals surface area contributed by atoms with Crippen molar-refractivity contribution in [2.75, 3.05) is 13.1 Å². The molecule has 0 atom stereocenters. The van der Waals surface area contributed by atoms with Crippen LogP contribution >= 0.6 is 24.0 Å². The van der Waals surface area contributed by atoms with Gasteiger partial charge in [0.1, 0.15) is 5.82 Å². The second-order valence-electron chi connectivity index (χ2n) is 3.76. The number of aliphatic imine (C=N–C) groups is 1. The first-order valence-corrected chi connectivity index (χ1v) is 5.85. The van der Waals surface area contributed by atoms with Crippen LogP contribution in [-0.2, 0) is 6.54 Å². The largest absolute Gasteiger partial charge is 0.370 e. The molecule has 0 spiro atoms. The Labute approximate surface area is 130 Å². The molecule has 0 fully saturated rings. The van der Waals surface area contributed by atoms with Crippen LogP contribution in [0.2, 0.25) is 0 Å². The van der Waals surface area contributed by atoms with Crippen LogP contribution < -0.4 is 5.73 Å². The van der Waals surface area contributed by atoms with E-state index in [4.69, 9.17) is 11.0 Å². The lowest BCUT2D eigenvalue weighted by Crippen LogP contribution is -2.37. The number of nitriles is 1. The van der Waals surface area contributed by atoms with E-state index in [0.717, 1.165) is 13.1 Å². The first-order valence-electron chi connectivity index (χ1n) is 5.85. The van der Waals surface area contributed by atoms with Crippen LogP contribution in [0.25, 0.3) is 0 Å². The molecular formula is C13H18FIN4. The predicted molar refractivity (Wildman–Crippen MR) is 84.8 cm³/mol. The van der Waals surface area contributed by atoms with Gasteiger partial charge in [-0.25, -0.2) is 9.38 Å². The topological polar surface area (TPSA) is 65.4 Å². The van der Waals surface area contributed by atoms with Gasteiger partial charge in [-0.3, -0.25) is 0 Å². The third-order valence-corrected chi connectivity index (χ3v) is 2.68. The molecule has 0 aliphatic rings. The third kappa shape index (κ3) is 5.03. The van der Waals surface area contributed by atoms with E-state index in [1.165, 1.54) is 6.07 Å². The Morgan fingerprint density at radius 2 is 2.05 bits per heavy atom. The minimum atomic E-state index is -0.426. The average Bonchev–Trinajstić information content (AvgIpc) is 2.38. The number of rotatable bonds is 4. The molecule has 19 heavy (non-hydrogen) atoms. The molecule has 2 N–H and O–H groups in total. The van der Waals surface area contributed by atoms with Gasteiger partial charge in [0.25, 0.3) is 0 Å². The molecule has 0 saturated carbocycles. The van der Waals surface area contributed by atoms with Gasteiger partial charge in [0, 0.05) is 18.7 Å². The van der Waals surface area contributed by atoms with E-state index >= 15 is 0 Å². The monoisotopic (exact) mass is 376 g/mol. The van der Waals surface area contributed by atoms with Crippen LogP contribution in [0.4, 0.5) is 4.39 Å². The molecule has 1 aromatic rings. The average molecular weight is 376 g/mol. The van der Waals surface area contributed by atoms with Gasteiger partial charge in [-0.15, -0.1) is 24.0 Å². The van der Waals surface area contributed by atoms with Crippen molar-refractivity contribution in [2.45, 2.75) is 20.4 Å². The minimum Gasteiger partial charge on any atom is -0.370 e. The quantitative estimate of drug-likeness (QED) is 0.499. The SMILES string of the molecule is CCN(CC)C(N)=NCc1ccc(C#N)cc1F.I. The van der Waals surface area contributed by atoms with Crippen molar-refractivity contribution < 1.29 is 4.39 Å². The zero-order chi connectivity index (χ0) is 13.5. The Balaban J connectivity index is 0.00000324. The van der Waals surface area contributed by atoms with Crippen molar-refractivity contribution in [3.05, 3.63) is 35.1 Å². The smallest absolute Gasteiger partial charge is 0.191 e. The number of nitrogens with two attached hydrogens (primary N) is 1. The van der Waals surface area contributed by atoms with Gasteiger partial charge in [0.15, 0.2) is 5.96 Å². The number of hydrogen-bond acceptors (Lipinski definition) is 2. The molecule has 4 nitrogen and oxygen atoms in total. The summed E-state index contributed by atoms with van der Waals surface area (Å²) in [5, 5.41) is 8.64. The summed E-state index contributed by atoms with van der Waals surface area (Å²) in [6.07, 6.45) is 0. The molecule has 0 bridgehead atoms. The Morgan fingerprint density at radius 1 is 1.42 bits per heavy atom. The summed E-state index contributed by atoms with van der Waals surface area (Å²) in [6.45, 7) is 5.67. The maximum Gasteiger partial charge on any atom is 0.191 e. The van der Waals surface area contributed by atoms with Gasteiger partial charge in [0.2, 0.25) is 0 Å². The number of guanidine groups is 1. The predicted octanol–water partition coefficient (Wildman–Crippen LogP) is 2.47. The van der Waals surface area contributed by atoms with E-state index in [9.17, 15) is 4.39 Å². The lowest BCUT2D eigenvalue weighted by molar-refractivity contribution is 0.458. The molecule has 0 radical (unpaired) electrons. The molecule has 0 amide bonds. The van der Waals surface area contributed by atoms with E-state index in [0.29, 0.717) is 17.1 Å². The second-order valence-corrected chi connectivity index (χ2v) is 3.76. The Kier molecular flexibility index (Phi) is 8.07. The van der Waals surface area contributed by atoms with Gasteiger partial charge in [0.05, 0.1) is 18.2 Å². The fourth-order valence-corrected chi connectivity index (χ4v) is 1.56. The second kappa shape index (κ2) is 8.69. The fourth-order valence-electron chi connectivity index (χ4n) is 1.56. The van der Waals surface area contributed by atoms with Crippen molar-refractivity contribution >= 4 is 29.9 Å². The van der Waals surface area contributed by atoms with Gasteiger partial charge < -0.3 is 10.6 Å². The molecule has 0 aromatic heterocycles. The molecule has 0 heterocycles. The first-order chi connectivity index (χ1) is 8.62. The molecule has 0 aliphatic carbocycles. The van der Waals surface area contributed by atoms with Crippen LogP contribution in [0.15, 0.2) is 23.2 Å². The molecule has 104 valence electrons. The van der Waals surface area contributed by atoms with Gasteiger partial charge in [-0.2, -0.15) is 5.26 Å². The number of benzene rings is 1. The van der Waals surface area contributed by atoms with Gasteiger partial charge >= 0.3 is 0 Å². The number of halogens is 2. The summed E-state index contributed by atoms with van der Waals surface area (Å²) < 4.78 is 13.6. The van der Waals surface area contributed by atoms with Crippen molar-refractivity contribution in [3.8, 4) is 6.07 Å². The van der Waals surface area contributed by atoms with Gasteiger partial charge in [-0.1, -0.05) is 6.07 Å². The van der Waals surface area contributed by atoms with Crippen LogP contribution in [0, 0.1) is 17.1 Å². The summed E-state index contributed by atoms with van der Waals surface area (Å²) in [5.74, 6) is -0.0195. The fraction of sp³-hybridized carbons (Fsp3) is 0.385. The van der Waals surface area contributed by atoms with Gasteiger partial charge in [-0.05, 0) is 26.0 Å². The van der Waals surface area contributed by atoms with Crippen LogP contribution in [0.5, 0.6) is 0 Å². The van der Waals surface area contributed by atoms with E-state index in [-0.39, 0.29) is 30.5 Å². The van der Waals surface area contributed by atoms with E-state index in [1.807, 2.05) is 24.8 Å². The lowest BCUT2D eigenvalue weighted by atomic mass is 10.1. The highest BCUT2D eigenvalue weighted by atomic mass is 127. The van der Waals surface area contributed by atoms with E-state index in [1.54, 1.807) is 12.1 Å². The van der Waals surface area contributed by atoms with Crippen LogP contribution in [0.3, 0.4) is 0 Å². The highest BCUT2D eigenvalue weighted by molar-refractivity contribution is 14.0. The summed E-state index contributed by atoms with van der Waals surface area (Å²) in [5.41, 5.74) is 6.53. The Morgan fingerprint density at radius 3 is 2.53 bits per heavy atom. The van der Waals surface area contributed by atoms with E-state index in [2.05, 4.69) is 4.99 Å². The Bertz CT molecular complexity index is 478. The maximum atomic E-state index is 13.6. The summed E-state index contributed by atoms with van der Waals surface area (Å²) >= 11 is 0. The third-order valence-electron chi connectivity index (χ3n) is 2.68. The molecule has 1 rings (SSSR count). The molecule has 0 saturated heterocycles. The first kappa shape index (κ1) is 17.6. The highest BCUT2D eigenvalue weighted by Gasteiger charge is 2.05. The van der Waals surface area contributed by atoms with Crippen molar-refractivity contribution in [1.82, 2.24) is 4.90 Å². The van der Waals surface area contributed by atoms with E-state index < -0.39 is 5.82 Å². The molecule has 0 aliphatic heterocycles. The lowest BCUT2D eigenvalue weighted by Gasteiger charge is -2.19. The summed E-state index contributed by atoms with van der Waals surface area (Å²) in [6, 6.07) is 6.23. The minimum absolute atomic E-state index is 0. The molecule has 6 heteroatoms. The van der Waals surface area contributed by atoms with Crippen molar-refractivity contribution in [3.63, 3.8) is 0 Å².